The molecule has 2 heteroatoms. The van der Waals surface area contributed by atoms with Crippen LogP contribution >= 0.6 is 15.9 Å². The predicted octanol–water partition coefficient (Wildman–Crippen LogP) is 3.20. The average molecular weight is 240 g/mol. The van der Waals surface area contributed by atoms with E-state index in [-0.39, 0.29) is 6.04 Å². The van der Waals surface area contributed by atoms with Crippen molar-refractivity contribution in [3.8, 4) is 0 Å². The van der Waals surface area contributed by atoms with E-state index in [0.29, 0.717) is 0 Å². The second-order valence-electron chi connectivity index (χ2n) is 2.96. The fourth-order valence-corrected chi connectivity index (χ4v) is 1.70. The highest BCUT2D eigenvalue weighted by atomic mass is 79.9. The topological polar surface area (TPSA) is 26.0 Å². The highest BCUT2D eigenvalue weighted by molar-refractivity contribution is 9.10. The molecule has 0 saturated heterocycles. The molecule has 70 valence electrons. The molecule has 0 amide bonds. The van der Waals surface area contributed by atoms with Crippen molar-refractivity contribution in [2.24, 2.45) is 5.73 Å². The number of nitrogens with two attached hydrogens (primary N) is 1. The number of aryl methyl sites for hydroxylation is 1. The number of hydrogen-bond acceptors (Lipinski definition) is 1. The molecule has 1 aromatic rings. The molecule has 1 aromatic carbocycles. The quantitative estimate of drug-likeness (QED) is 0.806. The smallest absolute Gasteiger partial charge is 0.0481 e. The monoisotopic (exact) mass is 239 g/mol. The molecule has 1 rings (SSSR count). The van der Waals surface area contributed by atoms with Crippen LogP contribution in [0.4, 0.5) is 0 Å². The first-order valence-corrected chi connectivity index (χ1v) is 5.14. The number of halogens is 1. The van der Waals surface area contributed by atoms with E-state index in [9.17, 15) is 0 Å². The van der Waals surface area contributed by atoms with Gasteiger partial charge in [0.25, 0.3) is 0 Å². The summed E-state index contributed by atoms with van der Waals surface area (Å²) in [5.74, 6) is 0. The van der Waals surface area contributed by atoms with Crippen LogP contribution in [0.1, 0.15) is 24.1 Å². The van der Waals surface area contributed by atoms with Crippen LogP contribution in [0.2, 0.25) is 0 Å². The van der Waals surface area contributed by atoms with Crippen LogP contribution in [0.5, 0.6) is 0 Å². The normalized spacial score (nSPS) is 12.5. The lowest BCUT2D eigenvalue weighted by molar-refractivity contribution is 0.885. The molecular formula is C11H14BrN. The molecule has 1 atom stereocenters. The van der Waals surface area contributed by atoms with Gasteiger partial charge >= 0.3 is 0 Å². The maximum Gasteiger partial charge on any atom is 0.0481 e. The summed E-state index contributed by atoms with van der Waals surface area (Å²) in [6.07, 6.45) is 2.77. The van der Waals surface area contributed by atoms with Crippen LogP contribution in [0.3, 0.4) is 0 Å². The summed E-state index contributed by atoms with van der Waals surface area (Å²) < 4.78 is 1.07. The summed E-state index contributed by atoms with van der Waals surface area (Å²) in [6.45, 7) is 5.83. The Kier molecular flexibility index (Phi) is 3.70. The highest BCUT2D eigenvalue weighted by Crippen LogP contribution is 2.22. The molecule has 0 radical (unpaired) electrons. The van der Waals surface area contributed by atoms with Crippen molar-refractivity contribution in [2.75, 3.05) is 0 Å². The van der Waals surface area contributed by atoms with E-state index < -0.39 is 0 Å². The van der Waals surface area contributed by atoms with E-state index in [0.717, 1.165) is 16.5 Å². The van der Waals surface area contributed by atoms with Gasteiger partial charge in [-0.25, -0.2) is 0 Å². The lowest BCUT2D eigenvalue weighted by Gasteiger charge is -2.12. The number of hydrogen-bond donors (Lipinski definition) is 1. The molecule has 2 N–H and O–H groups in total. The van der Waals surface area contributed by atoms with Crippen LogP contribution < -0.4 is 5.73 Å². The molecule has 0 heterocycles. The Morgan fingerprint density at radius 2 is 2.31 bits per heavy atom. The first kappa shape index (κ1) is 10.5. The maximum absolute atomic E-state index is 5.90. The third-order valence-electron chi connectivity index (χ3n) is 2.10. The minimum Gasteiger partial charge on any atom is -0.321 e. The van der Waals surface area contributed by atoms with Gasteiger partial charge < -0.3 is 5.73 Å². The van der Waals surface area contributed by atoms with Crippen LogP contribution in [-0.4, -0.2) is 0 Å². The van der Waals surface area contributed by atoms with Crippen molar-refractivity contribution in [2.45, 2.75) is 19.4 Å². The van der Waals surface area contributed by atoms with Gasteiger partial charge in [0.2, 0.25) is 0 Å². The molecule has 13 heavy (non-hydrogen) atoms. The molecule has 1 nitrogen and oxygen atoms in total. The maximum atomic E-state index is 5.90. The second-order valence-corrected chi connectivity index (χ2v) is 3.87. The molecule has 0 aliphatic rings. The van der Waals surface area contributed by atoms with E-state index in [4.69, 9.17) is 5.73 Å². The zero-order chi connectivity index (χ0) is 9.84. The first-order valence-electron chi connectivity index (χ1n) is 4.35. The minimum absolute atomic E-state index is 0.0625. The second kappa shape index (κ2) is 4.58. The molecule has 0 aliphatic carbocycles. The third kappa shape index (κ3) is 2.42. The zero-order valence-electron chi connectivity index (χ0n) is 7.76. The van der Waals surface area contributed by atoms with Gasteiger partial charge in [0.15, 0.2) is 0 Å². The van der Waals surface area contributed by atoms with E-state index in [1.165, 1.54) is 5.56 Å². The highest BCUT2D eigenvalue weighted by Gasteiger charge is 2.06. The lowest BCUT2D eigenvalue weighted by Crippen LogP contribution is -2.09. The predicted molar refractivity (Wildman–Crippen MR) is 60.6 cm³/mol. The first-order chi connectivity index (χ1) is 6.19. The third-order valence-corrected chi connectivity index (χ3v) is 2.60. The van der Waals surface area contributed by atoms with Crippen LogP contribution in [0.15, 0.2) is 35.3 Å². The lowest BCUT2D eigenvalue weighted by atomic mass is 9.99. The van der Waals surface area contributed by atoms with E-state index >= 15 is 0 Å². The Bertz CT molecular complexity index is 307. The summed E-state index contributed by atoms with van der Waals surface area (Å²) in [5, 5.41) is 0. The Morgan fingerprint density at radius 1 is 1.62 bits per heavy atom. The number of benzene rings is 1. The Morgan fingerprint density at radius 3 is 2.85 bits per heavy atom. The molecular weight excluding hydrogens is 226 g/mol. The molecule has 0 fully saturated rings. The molecule has 0 spiro atoms. The zero-order valence-corrected chi connectivity index (χ0v) is 9.34. The molecule has 0 aliphatic heterocycles. The van der Waals surface area contributed by atoms with Gasteiger partial charge in [-0.15, -0.1) is 6.58 Å². The van der Waals surface area contributed by atoms with Gasteiger partial charge in [0.1, 0.15) is 0 Å². The van der Waals surface area contributed by atoms with Crippen molar-refractivity contribution in [3.63, 3.8) is 0 Å². The van der Waals surface area contributed by atoms with Gasteiger partial charge in [-0.3, -0.25) is 0 Å². The molecule has 1 unspecified atom stereocenters. The standard InChI is InChI=1S/C11H14BrN/c1-3-8-5-6-9(12)7-10(8)11(13)4-2/h4-7,11H,2-3,13H2,1H3. The van der Waals surface area contributed by atoms with Gasteiger partial charge in [0.05, 0.1) is 0 Å². The van der Waals surface area contributed by atoms with Crippen LogP contribution in [-0.2, 0) is 6.42 Å². The van der Waals surface area contributed by atoms with Crippen molar-refractivity contribution >= 4 is 15.9 Å². The molecule has 0 aromatic heterocycles. The van der Waals surface area contributed by atoms with Gasteiger partial charge in [0, 0.05) is 10.5 Å². The van der Waals surface area contributed by atoms with Crippen molar-refractivity contribution in [1.82, 2.24) is 0 Å². The van der Waals surface area contributed by atoms with Crippen molar-refractivity contribution in [1.29, 1.82) is 0 Å². The van der Waals surface area contributed by atoms with Crippen molar-refractivity contribution in [3.05, 3.63) is 46.5 Å². The fraction of sp³-hybridized carbons (Fsp3) is 0.273. The van der Waals surface area contributed by atoms with Gasteiger partial charge in [-0.2, -0.15) is 0 Å². The van der Waals surface area contributed by atoms with E-state index in [1.54, 1.807) is 6.08 Å². The van der Waals surface area contributed by atoms with E-state index in [2.05, 4.69) is 41.6 Å². The summed E-state index contributed by atoms with van der Waals surface area (Å²) in [5.41, 5.74) is 8.35. The Balaban J connectivity index is 3.14. The summed E-state index contributed by atoms with van der Waals surface area (Å²) in [7, 11) is 0. The van der Waals surface area contributed by atoms with Gasteiger partial charge in [-0.05, 0) is 29.7 Å². The molecule has 0 saturated carbocycles. The van der Waals surface area contributed by atoms with Crippen LogP contribution in [0, 0.1) is 0 Å². The summed E-state index contributed by atoms with van der Waals surface area (Å²) >= 11 is 3.43. The number of rotatable bonds is 3. The van der Waals surface area contributed by atoms with Gasteiger partial charge in [-0.1, -0.05) is 35.0 Å². The fourth-order valence-electron chi connectivity index (χ4n) is 1.33. The molecule has 0 bridgehead atoms. The van der Waals surface area contributed by atoms with Crippen molar-refractivity contribution < 1.29 is 0 Å². The largest absolute Gasteiger partial charge is 0.321 e. The Hall–Kier alpha value is -0.600. The summed E-state index contributed by atoms with van der Waals surface area (Å²) in [4.78, 5) is 0. The average Bonchev–Trinajstić information content (AvgIpc) is 2.16. The summed E-state index contributed by atoms with van der Waals surface area (Å²) in [6, 6.07) is 6.14. The van der Waals surface area contributed by atoms with Crippen LogP contribution in [0.25, 0.3) is 0 Å². The minimum atomic E-state index is -0.0625. The van der Waals surface area contributed by atoms with E-state index in [1.807, 2.05) is 6.07 Å². The Labute approximate surface area is 87.8 Å². The SMILES string of the molecule is C=CC(N)c1cc(Br)ccc1CC.